The van der Waals surface area contributed by atoms with Crippen molar-refractivity contribution in [1.82, 2.24) is 10.3 Å². The van der Waals surface area contributed by atoms with Gasteiger partial charge in [-0.2, -0.15) is 0 Å². The highest BCUT2D eigenvalue weighted by atomic mass is 16.1. The molecular formula is C24H27N3O. The molecule has 144 valence electrons. The molecule has 1 heterocycles. The molecule has 4 nitrogen and oxygen atoms in total. The highest BCUT2D eigenvalue weighted by Crippen LogP contribution is 2.31. The van der Waals surface area contributed by atoms with Gasteiger partial charge in [-0.15, -0.1) is 0 Å². The Kier molecular flexibility index (Phi) is 5.78. The van der Waals surface area contributed by atoms with Crippen LogP contribution in [0.2, 0.25) is 0 Å². The smallest absolute Gasteiger partial charge is 0.253 e. The lowest BCUT2D eigenvalue weighted by Gasteiger charge is -2.23. The van der Waals surface area contributed by atoms with Crippen LogP contribution in [0.5, 0.6) is 0 Å². The zero-order chi connectivity index (χ0) is 20.1. The monoisotopic (exact) mass is 373 g/mol. The number of benzene rings is 2. The van der Waals surface area contributed by atoms with Crippen LogP contribution in [-0.2, 0) is 5.41 Å². The summed E-state index contributed by atoms with van der Waals surface area (Å²) in [5.74, 6) is -0.142. The first-order chi connectivity index (χ1) is 13.3. The Morgan fingerprint density at radius 2 is 1.64 bits per heavy atom. The van der Waals surface area contributed by atoms with E-state index in [-0.39, 0.29) is 17.4 Å². The molecule has 0 radical (unpaired) electrons. The summed E-state index contributed by atoms with van der Waals surface area (Å²) in [6.45, 7) is 8.52. The van der Waals surface area contributed by atoms with Crippen molar-refractivity contribution < 1.29 is 4.79 Å². The number of carbonyl (C=O) groups excluding carboxylic acids is 1. The average molecular weight is 374 g/mol. The first-order valence-corrected chi connectivity index (χ1v) is 9.52. The van der Waals surface area contributed by atoms with Gasteiger partial charge in [0.25, 0.3) is 5.91 Å². The van der Waals surface area contributed by atoms with Crippen LogP contribution in [-0.4, -0.2) is 10.9 Å². The van der Waals surface area contributed by atoms with Crippen LogP contribution in [0, 0.1) is 0 Å². The molecule has 1 amide bonds. The van der Waals surface area contributed by atoms with E-state index in [1.165, 1.54) is 5.56 Å². The number of amides is 1. The van der Waals surface area contributed by atoms with Gasteiger partial charge in [0.1, 0.15) is 0 Å². The molecule has 2 aromatic carbocycles. The number of pyridine rings is 1. The van der Waals surface area contributed by atoms with Crippen molar-refractivity contribution in [3.05, 3.63) is 89.7 Å². The highest BCUT2D eigenvalue weighted by molar-refractivity contribution is 5.95. The number of carbonyl (C=O) groups is 1. The van der Waals surface area contributed by atoms with Gasteiger partial charge >= 0.3 is 0 Å². The number of para-hydroxylation sites is 1. The van der Waals surface area contributed by atoms with Crippen LogP contribution in [0.25, 0.3) is 0 Å². The van der Waals surface area contributed by atoms with E-state index in [0.717, 1.165) is 16.9 Å². The van der Waals surface area contributed by atoms with E-state index >= 15 is 0 Å². The van der Waals surface area contributed by atoms with E-state index in [1.807, 2.05) is 61.5 Å². The summed E-state index contributed by atoms with van der Waals surface area (Å²) in [6, 6.07) is 19.9. The third-order valence-electron chi connectivity index (χ3n) is 4.66. The van der Waals surface area contributed by atoms with Gasteiger partial charge in [0.15, 0.2) is 0 Å². The number of rotatable bonds is 5. The second-order valence-corrected chi connectivity index (χ2v) is 7.99. The predicted octanol–water partition coefficient (Wildman–Crippen LogP) is 5.61. The maximum absolute atomic E-state index is 12.7. The standard InChI is InChI=1S/C24H27N3O/c1-17(18-10-6-5-7-11-18)26-23(28)19-14-20(16-25-15-19)27-22-13-9-8-12-21(22)24(2,3)4/h5-17,27H,1-4H3,(H,26,28). The molecule has 1 aromatic heterocycles. The summed E-state index contributed by atoms with van der Waals surface area (Å²) in [5.41, 5.74) is 4.63. The largest absolute Gasteiger partial charge is 0.354 e. The van der Waals surface area contributed by atoms with Crippen LogP contribution < -0.4 is 10.6 Å². The summed E-state index contributed by atoms with van der Waals surface area (Å²) in [4.78, 5) is 16.9. The molecule has 28 heavy (non-hydrogen) atoms. The second-order valence-electron chi connectivity index (χ2n) is 7.99. The lowest BCUT2D eigenvalue weighted by atomic mass is 9.86. The molecule has 0 saturated carbocycles. The Labute approximate surface area is 167 Å². The summed E-state index contributed by atoms with van der Waals surface area (Å²) in [6.07, 6.45) is 3.32. The number of nitrogens with zero attached hydrogens (tertiary/aromatic N) is 1. The summed E-state index contributed by atoms with van der Waals surface area (Å²) in [5, 5.41) is 6.45. The number of hydrogen-bond donors (Lipinski definition) is 2. The SMILES string of the molecule is CC(NC(=O)c1cncc(Nc2ccccc2C(C)(C)C)c1)c1ccccc1. The molecule has 1 unspecified atom stereocenters. The lowest BCUT2D eigenvalue weighted by Crippen LogP contribution is -2.26. The molecule has 0 aliphatic carbocycles. The lowest BCUT2D eigenvalue weighted by molar-refractivity contribution is 0.0939. The molecule has 3 rings (SSSR count). The van der Waals surface area contributed by atoms with Gasteiger partial charge in [0, 0.05) is 11.9 Å². The normalized spacial score (nSPS) is 12.3. The molecule has 3 aromatic rings. The van der Waals surface area contributed by atoms with Crippen LogP contribution in [0.3, 0.4) is 0 Å². The third kappa shape index (κ3) is 4.77. The molecule has 0 saturated heterocycles. The van der Waals surface area contributed by atoms with Gasteiger partial charge in [-0.1, -0.05) is 69.3 Å². The van der Waals surface area contributed by atoms with Gasteiger partial charge in [0.2, 0.25) is 0 Å². The van der Waals surface area contributed by atoms with Crippen molar-refractivity contribution in [2.24, 2.45) is 0 Å². The fourth-order valence-corrected chi connectivity index (χ4v) is 3.14. The van der Waals surface area contributed by atoms with Crippen LogP contribution in [0.15, 0.2) is 73.1 Å². The van der Waals surface area contributed by atoms with Crippen molar-refractivity contribution in [1.29, 1.82) is 0 Å². The Hall–Kier alpha value is -3.14. The Balaban J connectivity index is 1.77. The molecule has 0 aliphatic heterocycles. The van der Waals surface area contributed by atoms with Crippen molar-refractivity contribution in [2.45, 2.75) is 39.2 Å². The zero-order valence-electron chi connectivity index (χ0n) is 16.9. The quantitative estimate of drug-likeness (QED) is 0.611. The zero-order valence-corrected chi connectivity index (χ0v) is 16.9. The van der Waals surface area contributed by atoms with E-state index in [0.29, 0.717) is 5.56 Å². The van der Waals surface area contributed by atoms with Crippen molar-refractivity contribution in [3.63, 3.8) is 0 Å². The van der Waals surface area contributed by atoms with Crippen LogP contribution >= 0.6 is 0 Å². The third-order valence-corrected chi connectivity index (χ3v) is 4.66. The molecule has 1 atom stereocenters. The maximum atomic E-state index is 12.7. The molecule has 0 bridgehead atoms. The minimum atomic E-state index is -0.142. The molecule has 4 heteroatoms. The number of nitrogens with one attached hydrogen (secondary N) is 2. The number of hydrogen-bond acceptors (Lipinski definition) is 3. The van der Waals surface area contributed by atoms with E-state index in [2.05, 4.69) is 42.5 Å². The van der Waals surface area contributed by atoms with E-state index in [4.69, 9.17) is 0 Å². The van der Waals surface area contributed by atoms with Crippen molar-refractivity contribution in [3.8, 4) is 0 Å². The fraction of sp³-hybridized carbons (Fsp3) is 0.250. The maximum Gasteiger partial charge on any atom is 0.253 e. The van der Waals surface area contributed by atoms with Gasteiger partial charge in [0.05, 0.1) is 23.5 Å². The predicted molar refractivity (Wildman–Crippen MR) is 115 cm³/mol. The molecular weight excluding hydrogens is 346 g/mol. The Morgan fingerprint density at radius 3 is 2.36 bits per heavy atom. The minimum Gasteiger partial charge on any atom is -0.354 e. The molecule has 0 fully saturated rings. The van der Waals surface area contributed by atoms with E-state index < -0.39 is 0 Å². The second kappa shape index (κ2) is 8.26. The number of anilines is 2. The summed E-state index contributed by atoms with van der Waals surface area (Å²) in [7, 11) is 0. The fourth-order valence-electron chi connectivity index (χ4n) is 3.14. The van der Waals surface area contributed by atoms with Gasteiger partial charge in [-0.25, -0.2) is 0 Å². The van der Waals surface area contributed by atoms with E-state index in [1.54, 1.807) is 12.4 Å². The topological polar surface area (TPSA) is 54.0 Å². The van der Waals surface area contributed by atoms with E-state index in [9.17, 15) is 4.79 Å². The van der Waals surface area contributed by atoms with Crippen molar-refractivity contribution in [2.75, 3.05) is 5.32 Å². The number of aromatic nitrogens is 1. The Bertz CT molecular complexity index is 945. The highest BCUT2D eigenvalue weighted by Gasteiger charge is 2.18. The molecule has 2 N–H and O–H groups in total. The van der Waals surface area contributed by atoms with Crippen LogP contribution in [0.1, 0.15) is 55.2 Å². The Morgan fingerprint density at radius 1 is 0.964 bits per heavy atom. The molecule has 0 aliphatic rings. The summed E-state index contributed by atoms with van der Waals surface area (Å²) >= 11 is 0. The van der Waals surface area contributed by atoms with Gasteiger partial charge in [-0.05, 0) is 35.6 Å². The van der Waals surface area contributed by atoms with Gasteiger partial charge < -0.3 is 10.6 Å². The summed E-state index contributed by atoms with van der Waals surface area (Å²) < 4.78 is 0. The first-order valence-electron chi connectivity index (χ1n) is 9.52. The molecule has 0 spiro atoms. The van der Waals surface area contributed by atoms with Crippen LogP contribution in [0.4, 0.5) is 11.4 Å². The minimum absolute atomic E-state index is 0.0110. The van der Waals surface area contributed by atoms with Gasteiger partial charge in [-0.3, -0.25) is 9.78 Å². The van der Waals surface area contributed by atoms with Crippen molar-refractivity contribution >= 4 is 17.3 Å². The average Bonchev–Trinajstić information content (AvgIpc) is 2.68. The first kappa shape index (κ1) is 19.6.